The standard InChI is InChI=1S/C102H192O16/c1-6-11-16-21-26-31-36-41-46-51-56-61-66-71-76-81-91(104)111-87-90-98(114-93(106)83-78-73-68-63-58-53-48-43-38-33-28-23-18-13-8-3)100(116-95(108)85-80-75-70-65-60-55-50-45-40-35-30-25-20-15-10-5)102(117-90,88-112-92(105)82-77-72-67-62-57-52-47-42-37-32-27-22-17-12-7-2)118-101-99(97(110)96(109)89(86-103)113-101)115-94(107)84-79-74-69-64-59-54-49-44-39-34-29-24-19-14-9-4/h89-90,96-101,103,109-110H,6-88H2,1-5H3/t89-,90-,96-,97+,98-,99-,100+,101-,102+/m1/s1. The first-order valence-corrected chi connectivity index (χ1v) is 51.8. The van der Waals surface area contributed by atoms with Crippen LogP contribution in [0.2, 0.25) is 0 Å². The van der Waals surface area contributed by atoms with Crippen LogP contribution in [0.15, 0.2) is 0 Å². The fourth-order valence-corrected chi connectivity index (χ4v) is 17.3. The molecule has 2 aliphatic rings. The lowest BCUT2D eigenvalue weighted by Gasteiger charge is -2.45. The van der Waals surface area contributed by atoms with E-state index in [1.165, 1.54) is 321 Å². The molecule has 0 radical (unpaired) electrons. The molecule has 118 heavy (non-hydrogen) atoms. The Labute approximate surface area is 726 Å². The van der Waals surface area contributed by atoms with Gasteiger partial charge >= 0.3 is 29.8 Å². The van der Waals surface area contributed by atoms with Crippen LogP contribution in [0.3, 0.4) is 0 Å². The molecule has 0 spiro atoms. The van der Waals surface area contributed by atoms with E-state index in [9.17, 15) is 39.3 Å². The van der Waals surface area contributed by atoms with Gasteiger partial charge < -0.3 is 53.2 Å². The van der Waals surface area contributed by atoms with Crippen LogP contribution in [0, 0.1) is 0 Å². The molecule has 0 saturated carbocycles. The smallest absolute Gasteiger partial charge is 0.306 e. The Hall–Kier alpha value is -2.89. The lowest BCUT2D eigenvalue weighted by atomic mass is 9.98. The van der Waals surface area contributed by atoms with E-state index < -0.39 is 104 Å². The Balaban J connectivity index is 2.53. The van der Waals surface area contributed by atoms with E-state index in [-0.39, 0.29) is 32.1 Å². The normalized spacial score (nSPS) is 19.3. The molecule has 0 aliphatic carbocycles. The summed E-state index contributed by atoms with van der Waals surface area (Å²) in [5.74, 6) is -5.46. The van der Waals surface area contributed by atoms with Crippen LogP contribution in [0.5, 0.6) is 0 Å². The average molecular weight is 1670 g/mol. The number of rotatable bonds is 90. The van der Waals surface area contributed by atoms with Crippen molar-refractivity contribution in [3.8, 4) is 0 Å². The average Bonchev–Trinajstić information content (AvgIpc) is 1.58. The largest absolute Gasteiger partial charge is 0.463 e. The minimum Gasteiger partial charge on any atom is -0.463 e. The first-order chi connectivity index (χ1) is 57.9. The van der Waals surface area contributed by atoms with Crippen molar-refractivity contribution >= 4 is 29.8 Å². The van der Waals surface area contributed by atoms with Crippen molar-refractivity contribution in [1.29, 1.82) is 0 Å². The molecule has 0 amide bonds. The van der Waals surface area contributed by atoms with Crippen molar-refractivity contribution in [2.24, 2.45) is 0 Å². The summed E-state index contributed by atoms with van der Waals surface area (Å²) in [6.45, 7) is 9.27. The summed E-state index contributed by atoms with van der Waals surface area (Å²) < 4.78 is 51.8. The predicted octanol–water partition coefficient (Wildman–Crippen LogP) is 28.7. The fraction of sp³-hybridized carbons (Fsp3) is 0.951. The fourth-order valence-electron chi connectivity index (χ4n) is 17.3. The van der Waals surface area contributed by atoms with E-state index >= 15 is 0 Å². The summed E-state index contributed by atoms with van der Waals surface area (Å²) in [6, 6.07) is 0. The molecule has 0 aromatic rings. The maximum absolute atomic E-state index is 14.8. The third-order valence-electron chi connectivity index (χ3n) is 25.1. The molecule has 2 saturated heterocycles. The molecule has 2 aliphatic heterocycles. The lowest BCUT2D eigenvalue weighted by molar-refractivity contribution is -0.384. The number of aliphatic hydroxyl groups excluding tert-OH is 3. The molecule has 0 aromatic heterocycles. The molecule has 2 fully saturated rings. The van der Waals surface area contributed by atoms with Gasteiger partial charge in [0.1, 0.15) is 37.6 Å². The third kappa shape index (κ3) is 62.3. The highest BCUT2D eigenvalue weighted by molar-refractivity contribution is 5.72. The number of hydrogen-bond acceptors (Lipinski definition) is 16. The van der Waals surface area contributed by atoms with Gasteiger partial charge in [-0.3, -0.25) is 24.0 Å². The Kier molecular flexibility index (Phi) is 77.6. The van der Waals surface area contributed by atoms with E-state index in [1.807, 2.05) is 0 Å². The van der Waals surface area contributed by atoms with E-state index in [1.54, 1.807) is 0 Å². The highest BCUT2D eigenvalue weighted by atomic mass is 16.8. The molecule has 3 N–H and O–H groups in total. The number of esters is 5. The molecular weight excluding hydrogens is 1480 g/mol. The first kappa shape index (κ1) is 111. The molecule has 696 valence electrons. The Morgan fingerprint density at radius 1 is 0.263 bits per heavy atom. The van der Waals surface area contributed by atoms with Gasteiger partial charge in [-0.05, 0) is 32.1 Å². The zero-order valence-corrected chi connectivity index (χ0v) is 78.0. The van der Waals surface area contributed by atoms with E-state index in [2.05, 4.69) is 34.6 Å². The molecule has 2 heterocycles. The van der Waals surface area contributed by atoms with Crippen molar-refractivity contribution in [1.82, 2.24) is 0 Å². The van der Waals surface area contributed by atoms with Crippen LogP contribution in [0.4, 0.5) is 0 Å². The zero-order chi connectivity index (χ0) is 85.4. The Morgan fingerprint density at radius 2 is 0.483 bits per heavy atom. The Bertz CT molecular complexity index is 2230. The number of carbonyl (C=O) groups excluding carboxylic acids is 5. The van der Waals surface area contributed by atoms with Crippen molar-refractivity contribution in [3.05, 3.63) is 0 Å². The molecule has 16 nitrogen and oxygen atoms in total. The SMILES string of the molecule is CCCCCCCCCCCCCCCCCC(=O)OC[C@H]1O[C@@](COC(=O)CCCCCCCCCCCCCCCCC)(O[C@H]2O[C@H](CO)[C@@H](O)[C@H](O)[C@H]2OC(=O)CCCCCCCCCCCCCCCCC)[C@@H](OC(=O)CCCCCCCCCCCCCCCCC)[C@@H]1OC(=O)CCCCCCCCCCCCCCCCC. The minimum absolute atomic E-state index is 0.00391. The van der Waals surface area contributed by atoms with Gasteiger partial charge in [-0.25, -0.2) is 0 Å². The quantitative estimate of drug-likeness (QED) is 0.0293. The van der Waals surface area contributed by atoms with Crippen molar-refractivity contribution in [2.75, 3.05) is 19.8 Å². The van der Waals surface area contributed by atoms with Crippen LogP contribution in [-0.4, -0.2) is 120 Å². The number of hydrogen-bond donors (Lipinski definition) is 3. The maximum atomic E-state index is 14.8. The molecule has 0 unspecified atom stereocenters. The van der Waals surface area contributed by atoms with Crippen LogP contribution < -0.4 is 0 Å². The van der Waals surface area contributed by atoms with Gasteiger partial charge in [0, 0.05) is 32.1 Å². The number of aliphatic hydroxyl groups is 3. The first-order valence-electron chi connectivity index (χ1n) is 51.8. The Morgan fingerprint density at radius 3 is 0.737 bits per heavy atom. The predicted molar refractivity (Wildman–Crippen MR) is 486 cm³/mol. The maximum Gasteiger partial charge on any atom is 0.306 e. The molecule has 0 aromatic carbocycles. The summed E-state index contributed by atoms with van der Waals surface area (Å²) in [4.78, 5) is 71.8. The second-order valence-electron chi connectivity index (χ2n) is 36.5. The van der Waals surface area contributed by atoms with Crippen LogP contribution in [0.1, 0.15) is 548 Å². The molecule has 16 heteroatoms. The number of ether oxygens (including phenoxy) is 8. The van der Waals surface area contributed by atoms with Gasteiger partial charge in [0.05, 0.1) is 6.61 Å². The van der Waals surface area contributed by atoms with Gasteiger partial charge in [0.2, 0.25) is 12.1 Å². The van der Waals surface area contributed by atoms with Gasteiger partial charge in [0.25, 0.3) is 0 Å². The topological polar surface area (TPSA) is 220 Å². The van der Waals surface area contributed by atoms with E-state index in [4.69, 9.17) is 37.9 Å². The van der Waals surface area contributed by atoms with Crippen LogP contribution >= 0.6 is 0 Å². The van der Waals surface area contributed by atoms with Crippen molar-refractivity contribution in [3.63, 3.8) is 0 Å². The summed E-state index contributed by atoms with van der Waals surface area (Å²) in [7, 11) is 0. The van der Waals surface area contributed by atoms with Gasteiger partial charge in [-0.15, -0.1) is 0 Å². The van der Waals surface area contributed by atoms with Crippen LogP contribution in [0.25, 0.3) is 0 Å². The van der Waals surface area contributed by atoms with Gasteiger partial charge in [-0.2, -0.15) is 0 Å². The van der Waals surface area contributed by atoms with E-state index in [0.717, 1.165) is 128 Å². The lowest BCUT2D eigenvalue weighted by Crippen LogP contribution is -2.64. The minimum atomic E-state index is -2.44. The molecule has 0 bridgehead atoms. The molecular formula is C102H192O16. The third-order valence-corrected chi connectivity index (χ3v) is 25.1. The second-order valence-corrected chi connectivity index (χ2v) is 36.5. The summed E-state index contributed by atoms with van der Waals surface area (Å²) in [6.07, 6.45) is 74.1. The zero-order valence-electron chi connectivity index (χ0n) is 78.0. The second kappa shape index (κ2) is 82.4. The highest BCUT2D eigenvalue weighted by Crippen LogP contribution is 2.42. The molecule has 9 atom stereocenters. The highest BCUT2D eigenvalue weighted by Gasteiger charge is 2.64. The number of carbonyl (C=O) groups is 5. The monoisotopic (exact) mass is 1670 g/mol. The van der Waals surface area contributed by atoms with Crippen molar-refractivity contribution < 1.29 is 77.2 Å². The van der Waals surface area contributed by atoms with Crippen LogP contribution in [-0.2, 0) is 61.9 Å². The summed E-state index contributed by atoms with van der Waals surface area (Å²) in [5.41, 5.74) is 0. The van der Waals surface area contributed by atoms with Gasteiger partial charge in [-0.1, -0.05) is 484 Å². The van der Waals surface area contributed by atoms with Crippen molar-refractivity contribution in [2.45, 2.75) is 603 Å². The van der Waals surface area contributed by atoms with E-state index in [0.29, 0.717) is 32.1 Å². The number of unbranched alkanes of at least 4 members (excludes halogenated alkanes) is 70. The summed E-state index contributed by atoms with van der Waals surface area (Å²) >= 11 is 0. The summed E-state index contributed by atoms with van der Waals surface area (Å²) in [5, 5.41) is 34.3. The van der Waals surface area contributed by atoms with Gasteiger partial charge in [0.15, 0.2) is 18.3 Å². The molecule has 2 rings (SSSR count).